The number of nitrogens with zero attached hydrogens (tertiary/aromatic N) is 2. The summed E-state index contributed by atoms with van der Waals surface area (Å²) in [4.78, 5) is 18.0. The van der Waals surface area contributed by atoms with Gasteiger partial charge in [0.15, 0.2) is 0 Å². The van der Waals surface area contributed by atoms with Crippen LogP contribution >= 0.6 is 27.3 Å². The van der Waals surface area contributed by atoms with Gasteiger partial charge in [-0.2, -0.15) is 0 Å². The standard InChI is InChI=1S/C12H12BrN3OS/c1-16(11-5-9(13)7-18-11)12(17)8-2-3-15-10(4-8)6-14/h2-5,7H,6,14H2,1H3. The number of hydrogen-bond acceptors (Lipinski definition) is 4. The van der Waals surface area contributed by atoms with Crippen LogP contribution in [-0.4, -0.2) is 17.9 Å². The van der Waals surface area contributed by atoms with Crippen molar-refractivity contribution in [2.45, 2.75) is 6.54 Å². The Morgan fingerprint density at radius 3 is 2.94 bits per heavy atom. The fourth-order valence-electron chi connectivity index (χ4n) is 1.50. The minimum atomic E-state index is -0.0681. The first-order valence-corrected chi connectivity index (χ1v) is 6.96. The van der Waals surface area contributed by atoms with Gasteiger partial charge in [-0.3, -0.25) is 9.78 Å². The van der Waals surface area contributed by atoms with E-state index in [9.17, 15) is 4.79 Å². The molecule has 2 aromatic rings. The van der Waals surface area contributed by atoms with Gasteiger partial charge in [0.1, 0.15) is 0 Å². The quantitative estimate of drug-likeness (QED) is 0.943. The SMILES string of the molecule is CN(C(=O)c1ccnc(CN)c1)c1cc(Br)cs1. The van der Waals surface area contributed by atoms with Crippen LogP contribution in [0, 0.1) is 0 Å². The smallest absolute Gasteiger partial charge is 0.258 e. The number of aromatic nitrogens is 1. The van der Waals surface area contributed by atoms with Crippen molar-refractivity contribution in [2.24, 2.45) is 5.73 Å². The number of carbonyl (C=O) groups excluding carboxylic acids is 1. The van der Waals surface area contributed by atoms with Gasteiger partial charge in [-0.1, -0.05) is 0 Å². The zero-order valence-corrected chi connectivity index (χ0v) is 12.2. The Hall–Kier alpha value is -1.24. The molecule has 6 heteroatoms. The van der Waals surface area contributed by atoms with Gasteiger partial charge in [0.25, 0.3) is 5.91 Å². The van der Waals surface area contributed by atoms with Crippen LogP contribution in [0.1, 0.15) is 16.1 Å². The van der Waals surface area contributed by atoms with E-state index in [2.05, 4.69) is 20.9 Å². The van der Waals surface area contributed by atoms with Crippen LogP contribution in [0.2, 0.25) is 0 Å². The molecule has 0 aliphatic rings. The van der Waals surface area contributed by atoms with E-state index < -0.39 is 0 Å². The van der Waals surface area contributed by atoms with Crippen molar-refractivity contribution in [2.75, 3.05) is 11.9 Å². The van der Waals surface area contributed by atoms with Crippen LogP contribution in [0.3, 0.4) is 0 Å². The molecule has 0 aromatic carbocycles. The molecule has 0 aliphatic heterocycles. The molecule has 1 amide bonds. The van der Waals surface area contributed by atoms with Crippen LogP contribution in [0.25, 0.3) is 0 Å². The molecule has 0 radical (unpaired) electrons. The summed E-state index contributed by atoms with van der Waals surface area (Å²) in [7, 11) is 1.75. The summed E-state index contributed by atoms with van der Waals surface area (Å²) in [5.41, 5.74) is 6.82. The zero-order valence-electron chi connectivity index (χ0n) is 9.76. The lowest BCUT2D eigenvalue weighted by Gasteiger charge is -2.15. The fourth-order valence-corrected chi connectivity index (χ4v) is 2.88. The second-order valence-electron chi connectivity index (χ2n) is 3.71. The van der Waals surface area contributed by atoms with E-state index in [1.54, 1.807) is 30.3 Å². The minimum Gasteiger partial charge on any atom is -0.325 e. The Morgan fingerprint density at radius 2 is 2.33 bits per heavy atom. The highest BCUT2D eigenvalue weighted by atomic mass is 79.9. The lowest BCUT2D eigenvalue weighted by Crippen LogP contribution is -2.25. The lowest BCUT2D eigenvalue weighted by atomic mass is 10.2. The molecule has 2 heterocycles. The molecule has 4 nitrogen and oxygen atoms in total. The number of carbonyl (C=O) groups is 1. The molecule has 2 N–H and O–H groups in total. The lowest BCUT2D eigenvalue weighted by molar-refractivity contribution is 0.0993. The molecule has 0 fully saturated rings. The first-order valence-electron chi connectivity index (χ1n) is 5.29. The number of hydrogen-bond donors (Lipinski definition) is 1. The van der Waals surface area contributed by atoms with Gasteiger partial charge in [0.2, 0.25) is 0 Å². The van der Waals surface area contributed by atoms with E-state index in [4.69, 9.17) is 5.73 Å². The van der Waals surface area contributed by atoms with Crippen molar-refractivity contribution in [3.05, 3.63) is 45.5 Å². The van der Waals surface area contributed by atoms with Crippen LogP contribution in [0.5, 0.6) is 0 Å². The second-order valence-corrected chi connectivity index (χ2v) is 5.51. The third-order valence-electron chi connectivity index (χ3n) is 2.46. The molecule has 18 heavy (non-hydrogen) atoms. The molecule has 0 spiro atoms. The minimum absolute atomic E-state index is 0.0681. The summed E-state index contributed by atoms with van der Waals surface area (Å²) < 4.78 is 0.972. The maximum Gasteiger partial charge on any atom is 0.258 e. The molecule has 0 saturated heterocycles. The summed E-state index contributed by atoms with van der Waals surface area (Å²) >= 11 is 4.88. The zero-order chi connectivity index (χ0) is 13.1. The first-order chi connectivity index (χ1) is 8.61. The average Bonchev–Trinajstić information content (AvgIpc) is 2.83. The Labute approximate surface area is 118 Å². The molecule has 0 unspecified atom stereocenters. The molecule has 0 bridgehead atoms. The molecular formula is C12H12BrN3OS. The summed E-state index contributed by atoms with van der Waals surface area (Å²) in [6.07, 6.45) is 1.60. The van der Waals surface area contributed by atoms with E-state index in [0.717, 1.165) is 9.47 Å². The monoisotopic (exact) mass is 325 g/mol. The van der Waals surface area contributed by atoms with Crippen LogP contribution < -0.4 is 10.6 Å². The van der Waals surface area contributed by atoms with E-state index in [1.807, 2.05) is 11.4 Å². The van der Waals surface area contributed by atoms with Gasteiger partial charge in [-0.05, 0) is 34.1 Å². The van der Waals surface area contributed by atoms with Gasteiger partial charge in [-0.25, -0.2) is 0 Å². The van der Waals surface area contributed by atoms with Gasteiger partial charge in [-0.15, -0.1) is 11.3 Å². The van der Waals surface area contributed by atoms with Crippen molar-refractivity contribution >= 4 is 38.2 Å². The van der Waals surface area contributed by atoms with Crippen molar-refractivity contribution < 1.29 is 4.79 Å². The number of anilines is 1. The van der Waals surface area contributed by atoms with E-state index in [-0.39, 0.29) is 5.91 Å². The van der Waals surface area contributed by atoms with Crippen LogP contribution in [-0.2, 0) is 6.54 Å². The van der Waals surface area contributed by atoms with Crippen molar-refractivity contribution in [3.8, 4) is 0 Å². The molecular weight excluding hydrogens is 314 g/mol. The van der Waals surface area contributed by atoms with Crippen molar-refractivity contribution in [1.29, 1.82) is 0 Å². The second kappa shape index (κ2) is 5.60. The third kappa shape index (κ3) is 2.77. The van der Waals surface area contributed by atoms with Crippen molar-refractivity contribution in [1.82, 2.24) is 4.98 Å². The predicted molar refractivity (Wildman–Crippen MR) is 76.9 cm³/mol. The number of pyridine rings is 1. The van der Waals surface area contributed by atoms with E-state index in [0.29, 0.717) is 17.8 Å². The fraction of sp³-hybridized carbons (Fsp3) is 0.167. The van der Waals surface area contributed by atoms with Gasteiger partial charge < -0.3 is 10.6 Å². The summed E-state index contributed by atoms with van der Waals surface area (Å²) in [5, 5.41) is 2.83. The number of thiophene rings is 1. The highest BCUT2D eigenvalue weighted by Crippen LogP contribution is 2.28. The maximum absolute atomic E-state index is 12.3. The normalized spacial score (nSPS) is 10.4. The summed E-state index contributed by atoms with van der Waals surface area (Å²) in [5.74, 6) is -0.0681. The number of amides is 1. The van der Waals surface area contributed by atoms with Gasteiger partial charge in [0.05, 0.1) is 10.7 Å². The molecule has 0 saturated carbocycles. The van der Waals surface area contributed by atoms with Crippen molar-refractivity contribution in [3.63, 3.8) is 0 Å². The Bertz CT molecular complexity index is 570. The molecule has 0 atom stereocenters. The van der Waals surface area contributed by atoms with E-state index >= 15 is 0 Å². The summed E-state index contributed by atoms with van der Waals surface area (Å²) in [6, 6.07) is 5.33. The molecule has 2 aromatic heterocycles. The largest absolute Gasteiger partial charge is 0.325 e. The molecule has 0 aliphatic carbocycles. The number of rotatable bonds is 3. The number of nitrogens with two attached hydrogens (primary N) is 1. The van der Waals surface area contributed by atoms with Gasteiger partial charge in [0, 0.05) is 35.2 Å². The number of halogens is 1. The Morgan fingerprint density at radius 1 is 1.56 bits per heavy atom. The van der Waals surface area contributed by atoms with Gasteiger partial charge >= 0.3 is 0 Å². The average molecular weight is 326 g/mol. The molecule has 2 rings (SSSR count). The Balaban J connectivity index is 2.25. The topological polar surface area (TPSA) is 59.2 Å². The predicted octanol–water partition coefficient (Wildman–Crippen LogP) is 2.64. The van der Waals surface area contributed by atoms with Crippen LogP contribution in [0.15, 0.2) is 34.2 Å². The Kier molecular flexibility index (Phi) is 4.11. The third-order valence-corrected chi connectivity index (χ3v) is 4.23. The molecule has 94 valence electrons. The highest BCUT2D eigenvalue weighted by molar-refractivity contribution is 9.10. The maximum atomic E-state index is 12.3. The first kappa shape index (κ1) is 13.2. The summed E-state index contributed by atoms with van der Waals surface area (Å²) in [6.45, 7) is 0.329. The highest BCUT2D eigenvalue weighted by Gasteiger charge is 2.15. The van der Waals surface area contributed by atoms with E-state index in [1.165, 1.54) is 11.3 Å². The van der Waals surface area contributed by atoms with Crippen LogP contribution in [0.4, 0.5) is 5.00 Å².